The van der Waals surface area contributed by atoms with Crippen LogP contribution in [0, 0.1) is 18.8 Å². The third kappa shape index (κ3) is 1.42. The van der Waals surface area contributed by atoms with Crippen LogP contribution in [0.25, 0.3) is 0 Å². The Labute approximate surface area is 120 Å². The van der Waals surface area contributed by atoms with Crippen molar-refractivity contribution in [3.05, 3.63) is 42.0 Å². The zero-order chi connectivity index (χ0) is 14.0. The predicted molar refractivity (Wildman–Crippen MR) is 78.7 cm³/mol. The fraction of sp³-hybridized carbons (Fsp3) is 0.529. The molecule has 3 aliphatic heterocycles. The fourth-order valence-corrected chi connectivity index (χ4v) is 4.13. The van der Waals surface area contributed by atoms with Crippen molar-refractivity contribution in [1.29, 1.82) is 0 Å². The van der Waals surface area contributed by atoms with Gasteiger partial charge in [-0.1, -0.05) is 24.6 Å². The molecule has 4 rings (SSSR count). The van der Waals surface area contributed by atoms with Gasteiger partial charge in [-0.2, -0.15) is 0 Å². The summed E-state index contributed by atoms with van der Waals surface area (Å²) in [6, 6.07) is 8.77. The highest BCUT2D eigenvalue weighted by Gasteiger charge is 2.66. The van der Waals surface area contributed by atoms with E-state index in [2.05, 4.69) is 55.2 Å². The standard InChI is InChI=1S/C17H21NO2/c1-12-4-6-14(7-5-12)18-10-15-13(2)17(19-3)9-8-16(15,11-18)20-17/h4-9,13,15H,10-11H2,1-3H3/t13-,15?,16-,17-/m1/s1. The fourth-order valence-electron chi connectivity index (χ4n) is 4.13. The van der Waals surface area contributed by atoms with E-state index in [4.69, 9.17) is 9.47 Å². The molecule has 0 N–H and O–H groups in total. The summed E-state index contributed by atoms with van der Waals surface area (Å²) in [6.45, 7) is 6.34. The molecule has 0 aliphatic carbocycles. The van der Waals surface area contributed by atoms with Crippen LogP contribution in [0.15, 0.2) is 36.4 Å². The van der Waals surface area contributed by atoms with Crippen LogP contribution >= 0.6 is 0 Å². The third-order valence-corrected chi connectivity index (χ3v) is 5.39. The van der Waals surface area contributed by atoms with Crippen LogP contribution in [0.3, 0.4) is 0 Å². The number of aryl methyl sites for hydroxylation is 1. The lowest BCUT2D eigenvalue weighted by atomic mass is 9.77. The normalized spacial score (nSPS) is 41.5. The molecule has 1 aromatic carbocycles. The first kappa shape index (κ1) is 12.4. The molecule has 1 spiro atoms. The van der Waals surface area contributed by atoms with Gasteiger partial charge >= 0.3 is 0 Å². The van der Waals surface area contributed by atoms with Gasteiger partial charge in [0.25, 0.3) is 0 Å². The van der Waals surface area contributed by atoms with E-state index in [0.717, 1.165) is 13.1 Å². The van der Waals surface area contributed by atoms with Crippen LogP contribution in [-0.2, 0) is 9.47 Å². The molecule has 0 aromatic heterocycles. The minimum atomic E-state index is -0.482. The first-order chi connectivity index (χ1) is 9.58. The number of fused-ring (bicyclic) bond motifs is 1. The maximum absolute atomic E-state index is 6.33. The van der Waals surface area contributed by atoms with E-state index in [1.807, 2.05) is 0 Å². The summed E-state index contributed by atoms with van der Waals surface area (Å²) in [7, 11) is 1.75. The van der Waals surface area contributed by atoms with Gasteiger partial charge in [-0.25, -0.2) is 0 Å². The first-order valence-corrected chi connectivity index (χ1v) is 7.36. The predicted octanol–water partition coefficient (Wildman–Crippen LogP) is 2.75. The molecule has 20 heavy (non-hydrogen) atoms. The number of benzene rings is 1. The summed E-state index contributed by atoms with van der Waals surface area (Å²) in [4.78, 5) is 2.44. The van der Waals surface area contributed by atoms with Crippen molar-refractivity contribution in [3.8, 4) is 0 Å². The number of methoxy groups -OCH3 is 1. The van der Waals surface area contributed by atoms with Gasteiger partial charge in [0.15, 0.2) is 5.79 Å². The van der Waals surface area contributed by atoms with Crippen LogP contribution in [0.4, 0.5) is 5.69 Å². The van der Waals surface area contributed by atoms with Crippen LogP contribution in [0.5, 0.6) is 0 Å². The van der Waals surface area contributed by atoms with Gasteiger partial charge in [-0.05, 0) is 31.2 Å². The Kier molecular flexibility index (Phi) is 2.40. The summed E-state index contributed by atoms with van der Waals surface area (Å²) < 4.78 is 12.0. The Balaban J connectivity index is 1.64. The Hall–Kier alpha value is -1.32. The molecular weight excluding hydrogens is 250 g/mol. The molecule has 2 fully saturated rings. The molecular formula is C17H21NO2. The SMILES string of the molecule is CO[C@@]12C=C[C@]3(CN(c4ccc(C)cc4)CC3[C@H]1C)O2. The zero-order valence-electron chi connectivity index (χ0n) is 12.3. The highest BCUT2D eigenvalue weighted by atomic mass is 16.7. The zero-order valence-corrected chi connectivity index (χ0v) is 12.3. The maximum Gasteiger partial charge on any atom is 0.191 e. The summed E-state index contributed by atoms with van der Waals surface area (Å²) >= 11 is 0. The monoisotopic (exact) mass is 271 g/mol. The number of hydrogen-bond acceptors (Lipinski definition) is 3. The van der Waals surface area contributed by atoms with Gasteiger partial charge in [0.2, 0.25) is 0 Å². The van der Waals surface area contributed by atoms with Crippen molar-refractivity contribution in [2.75, 3.05) is 25.1 Å². The maximum atomic E-state index is 6.33. The van der Waals surface area contributed by atoms with Gasteiger partial charge in [0.1, 0.15) is 5.60 Å². The number of ether oxygens (including phenoxy) is 2. The average Bonchev–Trinajstić information content (AvgIpc) is 3.07. The van der Waals surface area contributed by atoms with Crippen LogP contribution < -0.4 is 4.90 Å². The molecule has 3 aliphatic rings. The molecule has 1 unspecified atom stereocenters. The second-order valence-electron chi connectivity index (χ2n) is 6.43. The Morgan fingerprint density at radius 1 is 1.25 bits per heavy atom. The van der Waals surface area contributed by atoms with E-state index >= 15 is 0 Å². The molecule has 0 saturated carbocycles. The molecule has 1 aromatic rings. The lowest BCUT2D eigenvalue weighted by Gasteiger charge is -2.30. The van der Waals surface area contributed by atoms with Crippen molar-refractivity contribution in [1.82, 2.24) is 0 Å². The van der Waals surface area contributed by atoms with Crippen molar-refractivity contribution in [2.24, 2.45) is 11.8 Å². The molecule has 0 radical (unpaired) electrons. The molecule has 2 saturated heterocycles. The minimum absolute atomic E-state index is 0.152. The summed E-state index contributed by atoms with van der Waals surface area (Å²) in [6.07, 6.45) is 4.35. The van der Waals surface area contributed by atoms with Crippen molar-refractivity contribution in [2.45, 2.75) is 25.2 Å². The lowest BCUT2D eigenvalue weighted by Crippen LogP contribution is -2.37. The van der Waals surface area contributed by atoms with E-state index in [-0.39, 0.29) is 5.60 Å². The van der Waals surface area contributed by atoms with Crippen LogP contribution in [0.2, 0.25) is 0 Å². The highest BCUT2D eigenvalue weighted by Crippen LogP contribution is 2.57. The topological polar surface area (TPSA) is 21.7 Å². The minimum Gasteiger partial charge on any atom is -0.368 e. The highest BCUT2D eigenvalue weighted by molar-refractivity contribution is 5.51. The van der Waals surface area contributed by atoms with Gasteiger partial charge < -0.3 is 14.4 Å². The van der Waals surface area contributed by atoms with Gasteiger partial charge in [-0.3, -0.25) is 0 Å². The molecule has 0 amide bonds. The number of hydrogen-bond donors (Lipinski definition) is 0. The summed E-state index contributed by atoms with van der Waals surface area (Å²) in [5, 5.41) is 0. The molecule has 3 nitrogen and oxygen atoms in total. The molecule has 4 atom stereocenters. The second kappa shape index (κ2) is 3.86. The van der Waals surface area contributed by atoms with E-state index < -0.39 is 5.79 Å². The first-order valence-electron chi connectivity index (χ1n) is 7.36. The van der Waals surface area contributed by atoms with Gasteiger partial charge in [0.05, 0.1) is 6.54 Å². The Morgan fingerprint density at radius 3 is 2.65 bits per heavy atom. The second-order valence-corrected chi connectivity index (χ2v) is 6.43. The number of anilines is 1. The average molecular weight is 271 g/mol. The molecule has 3 heteroatoms. The smallest absolute Gasteiger partial charge is 0.191 e. The molecule has 2 bridgehead atoms. The number of nitrogens with zero attached hydrogens (tertiary/aromatic N) is 1. The lowest BCUT2D eigenvalue weighted by molar-refractivity contribution is -0.194. The van der Waals surface area contributed by atoms with E-state index in [9.17, 15) is 0 Å². The largest absolute Gasteiger partial charge is 0.368 e. The van der Waals surface area contributed by atoms with Crippen molar-refractivity contribution in [3.63, 3.8) is 0 Å². The third-order valence-electron chi connectivity index (χ3n) is 5.39. The summed E-state index contributed by atoms with van der Waals surface area (Å²) in [5.74, 6) is 0.422. The molecule has 3 heterocycles. The molecule has 106 valence electrons. The quantitative estimate of drug-likeness (QED) is 0.772. The van der Waals surface area contributed by atoms with E-state index in [1.54, 1.807) is 7.11 Å². The van der Waals surface area contributed by atoms with Crippen LogP contribution in [0.1, 0.15) is 12.5 Å². The van der Waals surface area contributed by atoms with E-state index in [1.165, 1.54) is 11.3 Å². The number of rotatable bonds is 2. The van der Waals surface area contributed by atoms with Crippen LogP contribution in [-0.4, -0.2) is 31.6 Å². The Morgan fingerprint density at radius 2 is 2.00 bits per heavy atom. The van der Waals surface area contributed by atoms with Crippen molar-refractivity contribution >= 4 is 5.69 Å². The summed E-state index contributed by atoms with van der Waals surface area (Å²) in [5.41, 5.74) is 2.44. The van der Waals surface area contributed by atoms with Crippen molar-refractivity contribution < 1.29 is 9.47 Å². The van der Waals surface area contributed by atoms with E-state index in [0.29, 0.717) is 11.8 Å². The Bertz CT molecular complexity index is 567. The van der Waals surface area contributed by atoms with Gasteiger partial charge in [-0.15, -0.1) is 0 Å². The van der Waals surface area contributed by atoms with Gasteiger partial charge in [0, 0.05) is 31.2 Å².